The smallest absolute Gasteiger partial charge is 0.262 e. The van der Waals surface area contributed by atoms with Crippen molar-refractivity contribution in [2.45, 2.75) is 31.5 Å². The average molecular weight is 546 g/mol. The standard InChI is InChI=1S/C28H31N7O5/c36-24-7-6-22(26(38)31-24)35-27(39)20-5-4-18(13-21(20)28(35)40)14-30-25(37)17-32-15-19(16-32)33-9-11-34(12-10-33)23-3-1-2-8-29-23/h1-5,8,13,19,22H,6-7,9-12,14-17H2,(H,30,37)(H,31,36,38). The molecule has 1 atom stereocenters. The molecule has 12 nitrogen and oxygen atoms in total. The summed E-state index contributed by atoms with van der Waals surface area (Å²) in [5, 5.41) is 5.09. The van der Waals surface area contributed by atoms with Crippen molar-refractivity contribution >= 4 is 35.4 Å². The summed E-state index contributed by atoms with van der Waals surface area (Å²) in [6.07, 6.45) is 2.00. The van der Waals surface area contributed by atoms with Crippen LogP contribution in [0.4, 0.5) is 5.82 Å². The Kier molecular flexibility index (Phi) is 7.03. The third-order valence-electron chi connectivity index (χ3n) is 8.10. The summed E-state index contributed by atoms with van der Waals surface area (Å²) in [6.45, 7) is 6.05. The highest BCUT2D eigenvalue weighted by molar-refractivity contribution is 6.23. The van der Waals surface area contributed by atoms with Crippen LogP contribution in [0.2, 0.25) is 0 Å². The van der Waals surface area contributed by atoms with Crippen LogP contribution in [0.25, 0.3) is 0 Å². The molecular weight excluding hydrogens is 514 g/mol. The van der Waals surface area contributed by atoms with E-state index in [-0.39, 0.29) is 36.4 Å². The zero-order valence-electron chi connectivity index (χ0n) is 22.0. The van der Waals surface area contributed by atoms with Gasteiger partial charge in [-0.1, -0.05) is 12.1 Å². The molecule has 208 valence electrons. The predicted molar refractivity (Wildman–Crippen MR) is 143 cm³/mol. The third kappa shape index (κ3) is 5.07. The predicted octanol–water partition coefficient (Wildman–Crippen LogP) is -0.395. The van der Waals surface area contributed by atoms with Gasteiger partial charge in [0.25, 0.3) is 11.8 Å². The van der Waals surface area contributed by atoms with E-state index in [1.807, 2.05) is 24.4 Å². The second-order valence-corrected chi connectivity index (χ2v) is 10.7. The second-order valence-electron chi connectivity index (χ2n) is 10.7. The van der Waals surface area contributed by atoms with Crippen LogP contribution in [0.3, 0.4) is 0 Å². The van der Waals surface area contributed by atoms with Crippen molar-refractivity contribution in [3.8, 4) is 0 Å². The van der Waals surface area contributed by atoms with E-state index in [0.717, 1.165) is 50.0 Å². The molecule has 5 heterocycles. The molecule has 4 aliphatic rings. The Balaban J connectivity index is 0.956. The molecule has 2 N–H and O–H groups in total. The number of carbonyl (C=O) groups is 5. The van der Waals surface area contributed by atoms with E-state index in [2.05, 4.69) is 30.3 Å². The first-order chi connectivity index (χ1) is 19.4. The summed E-state index contributed by atoms with van der Waals surface area (Å²) in [5.41, 5.74) is 1.11. The summed E-state index contributed by atoms with van der Waals surface area (Å²) in [6, 6.07) is 10.3. The Morgan fingerprint density at radius 2 is 1.75 bits per heavy atom. The number of imide groups is 2. The van der Waals surface area contributed by atoms with Gasteiger partial charge in [0.05, 0.1) is 17.7 Å². The van der Waals surface area contributed by atoms with Crippen molar-refractivity contribution in [2.24, 2.45) is 0 Å². The lowest BCUT2D eigenvalue weighted by Crippen LogP contribution is -2.64. The first kappa shape index (κ1) is 26.1. The SMILES string of the molecule is O=C(CN1CC(N2CCN(c3ccccn3)CC2)C1)NCc1ccc2c(c1)C(=O)N(C1CCC(=O)NC1=O)C2=O. The van der Waals surface area contributed by atoms with E-state index in [9.17, 15) is 24.0 Å². The van der Waals surface area contributed by atoms with Crippen LogP contribution in [-0.2, 0) is 20.9 Å². The number of piperidine rings is 1. The molecule has 2 aromatic rings. The molecule has 0 spiro atoms. The van der Waals surface area contributed by atoms with Gasteiger partial charge in [0.2, 0.25) is 17.7 Å². The number of likely N-dealkylation sites (tertiary alicyclic amines) is 1. The van der Waals surface area contributed by atoms with Gasteiger partial charge < -0.3 is 10.2 Å². The van der Waals surface area contributed by atoms with Crippen LogP contribution in [0.15, 0.2) is 42.6 Å². The van der Waals surface area contributed by atoms with Crippen LogP contribution < -0.4 is 15.5 Å². The van der Waals surface area contributed by atoms with E-state index in [4.69, 9.17) is 0 Å². The summed E-state index contributed by atoms with van der Waals surface area (Å²) in [5.74, 6) is -1.25. The number of benzene rings is 1. The number of pyridine rings is 1. The number of rotatable bonds is 7. The Morgan fingerprint density at radius 3 is 2.48 bits per heavy atom. The Morgan fingerprint density at radius 1 is 0.975 bits per heavy atom. The van der Waals surface area contributed by atoms with Gasteiger partial charge >= 0.3 is 0 Å². The maximum absolute atomic E-state index is 13.0. The topological polar surface area (TPSA) is 135 Å². The molecule has 0 aliphatic carbocycles. The van der Waals surface area contributed by atoms with Crippen LogP contribution in [0.5, 0.6) is 0 Å². The first-order valence-electron chi connectivity index (χ1n) is 13.6. The van der Waals surface area contributed by atoms with E-state index in [0.29, 0.717) is 18.2 Å². The van der Waals surface area contributed by atoms with Crippen molar-refractivity contribution in [3.05, 3.63) is 59.3 Å². The van der Waals surface area contributed by atoms with Gasteiger partial charge in [-0.3, -0.25) is 44.0 Å². The number of hydrogen-bond acceptors (Lipinski definition) is 9. The minimum absolute atomic E-state index is 0.0709. The minimum atomic E-state index is -1.00. The van der Waals surface area contributed by atoms with Gasteiger partial charge in [0.15, 0.2) is 0 Å². The molecule has 40 heavy (non-hydrogen) atoms. The Bertz CT molecular complexity index is 1350. The van der Waals surface area contributed by atoms with Gasteiger partial charge in [0.1, 0.15) is 11.9 Å². The zero-order valence-corrected chi connectivity index (χ0v) is 22.0. The highest BCUT2D eigenvalue weighted by Crippen LogP contribution is 2.28. The highest BCUT2D eigenvalue weighted by Gasteiger charge is 2.44. The van der Waals surface area contributed by atoms with E-state index >= 15 is 0 Å². The van der Waals surface area contributed by atoms with Crippen molar-refractivity contribution in [2.75, 3.05) is 50.7 Å². The number of hydrogen-bond donors (Lipinski definition) is 2. The molecule has 3 fully saturated rings. The minimum Gasteiger partial charge on any atom is -0.354 e. The van der Waals surface area contributed by atoms with Gasteiger partial charge in [0, 0.05) is 64.5 Å². The van der Waals surface area contributed by atoms with Crippen molar-refractivity contribution < 1.29 is 24.0 Å². The number of nitrogens with zero attached hydrogens (tertiary/aromatic N) is 5. The number of nitrogens with one attached hydrogen (secondary N) is 2. The molecule has 4 aliphatic heterocycles. The first-order valence-corrected chi connectivity index (χ1v) is 13.6. The molecule has 6 rings (SSSR count). The monoisotopic (exact) mass is 545 g/mol. The summed E-state index contributed by atoms with van der Waals surface area (Å²) < 4.78 is 0. The quantitative estimate of drug-likeness (QED) is 0.446. The lowest BCUT2D eigenvalue weighted by molar-refractivity contribution is -0.136. The van der Waals surface area contributed by atoms with Gasteiger partial charge in [-0.15, -0.1) is 0 Å². The largest absolute Gasteiger partial charge is 0.354 e. The van der Waals surface area contributed by atoms with Crippen molar-refractivity contribution in [1.82, 2.24) is 30.3 Å². The van der Waals surface area contributed by atoms with Crippen LogP contribution in [0, 0.1) is 0 Å². The maximum atomic E-state index is 13.0. The normalized spacial score (nSPS) is 22.2. The number of aromatic nitrogens is 1. The van der Waals surface area contributed by atoms with Gasteiger partial charge in [-0.2, -0.15) is 0 Å². The van der Waals surface area contributed by atoms with Gasteiger partial charge in [-0.05, 0) is 36.2 Å². The molecule has 3 saturated heterocycles. The lowest BCUT2D eigenvalue weighted by atomic mass is 10.0. The fourth-order valence-electron chi connectivity index (χ4n) is 5.85. The molecule has 0 saturated carbocycles. The maximum Gasteiger partial charge on any atom is 0.262 e. The van der Waals surface area contributed by atoms with Crippen molar-refractivity contribution in [1.29, 1.82) is 0 Å². The molecule has 5 amide bonds. The zero-order chi connectivity index (χ0) is 27.8. The fraction of sp³-hybridized carbons (Fsp3) is 0.429. The van der Waals surface area contributed by atoms with Crippen LogP contribution in [-0.4, -0.2) is 107 Å². The molecule has 0 bridgehead atoms. The molecule has 1 unspecified atom stereocenters. The molecule has 12 heteroatoms. The molecule has 0 radical (unpaired) electrons. The summed E-state index contributed by atoms with van der Waals surface area (Å²) >= 11 is 0. The Labute approximate surface area is 231 Å². The summed E-state index contributed by atoms with van der Waals surface area (Å²) in [7, 11) is 0. The fourth-order valence-corrected chi connectivity index (χ4v) is 5.85. The molecule has 1 aromatic heterocycles. The Hall–Kier alpha value is -4.16. The number of fused-ring (bicyclic) bond motifs is 1. The van der Waals surface area contributed by atoms with E-state index < -0.39 is 29.7 Å². The van der Waals surface area contributed by atoms with Crippen LogP contribution in [0.1, 0.15) is 39.1 Å². The molecular formula is C28H31N7O5. The number of piperazine rings is 1. The number of anilines is 1. The lowest BCUT2D eigenvalue weighted by Gasteiger charge is -2.48. The van der Waals surface area contributed by atoms with E-state index in [1.54, 1.807) is 18.2 Å². The van der Waals surface area contributed by atoms with E-state index in [1.165, 1.54) is 0 Å². The van der Waals surface area contributed by atoms with Crippen LogP contribution >= 0.6 is 0 Å². The summed E-state index contributed by atoms with van der Waals surface area (Å²) in [4.78, 5) is 74.4. The number of amides is 5. The second kappa shape index (κ2) is 10.8. The molecule has 1 aromatic carbocycles. The van der Waals surface area contributed by atoms with Gasteiger partial charge in [-0.25, -0.2) is 4.98 Å². The highest BCUT2D eigenvalue weighted by atomic mass is 16.2. The number of carbonyl (C=O) groups excluding carboxylic acids is 5. The third-order valence-corrected chi connectivity index (χ3v) is 8.10. The average Bonchev–Trinajstić information content (AvgIpc) is 3.19. The van der Waals surface area contributed by atoms with Crippen molar-refractivity contribution in [3.63, 3.8) is 0 Å².